The van der Waals surface area contributed by atoms with E-state index < -0.39 is 23.6 Å². The van der Waals surface area contributed by atoms with Gasteiger partial charge in [0.15, 0.2) is 11.5 Å². The number of ether oxygens (including phenoxy) is 3. The number of hydrogen-bond acceptors (Lipinski definition) is 7. The lowest BCUT2D eigenvalue weighted by Crippen LogP contribution is -2.36. The summed E-state index contributed by atoms with van der Waals surface area (Å²) in [6.07, 6.45) is 1.56. The minimum Gasteiger partial charge on any atom is -0.494 e. The number of nitrogens with one attached hydrogen (secondary N) is 1. The maximum Gasteiger partial charge on any atom is 0.294 e. The molecule has 1 aliphatic heterocycles. The molecule has 0 saturated carbocycles. The number of nitrogens with zero attached hydrogens (tertiary/aromatic N) is 1. The lowest BCUT2D eigenvalue weighted by molar-refractivity contribution is -0.127. The maximum atomic E-state index is 13.0. The molecule has 0 radical (unpaired) electrons. The summed E-state index contributed by atoms with van der Waals surface area (Å²) < 4.78 is 17.4. The average molecular weight is 666 g/mol. The Morgan fingerprint density at radius 1 is 1.02 bits per heavy atom. The maximum absolute atomic E-state index is 13.0. The molecular formula is C28H23BrCl2N2O6S. The summed E-state index contributed by atoms with van der Waals surface area (Å²) in [4.78, 5) is 39.2. The first-order chi connectivity index (χ1) is 19.2. The smallest absolute Gasteiger partial charge is 0.294 e. The second kappa shape index (κ2) is 13.5. The number of amides is 3. The Bertz CT molecular complexity index is 1480. The standard InChI is InChI=1S/C28H23BrCl2N2O6S/c1-3-38-19-7-5-18(6-8-19)32-26(34)14-33-27(35)25(40-28(33)36)12-17-11-23(37-2)24(13-20(17)29)39-15-16-4-9-21(30)22(31)10-16/h4-13H,3,14-15H2,1-2H3,(H,32,34)/b25-12+. The van der Waals surface area contributed by atoms with E-state index in [-0.39, 0.29) is 11.5 Å². The van der Waals surface area contributed by atoms with Crippen molar-refractivity contribution < 1.29 is 28.6 Å². The van der Waals surface area contributed by atoms with Gasteiger partial charge in [0.25, 0.3) is 11.1 Å². The van der Waals surface area contributed by atoms with Gasteiger partial charge in [-0.3, -0.25) is 19.3 Å². The predicted molar refractivity (Wildman–Crippen MR) is 160 cm³/mol. The van der Waals surface area contributed by atoms with Gasteiger partial charge in [0.05, 0.1) is 28.7 Å². The Balaban J connectivity index is 1.44. The van der Waals surface area contributed by atoms with E-state index in [1.54, 1.807) is 60.7 Å². The fourth-order valence-corrected chi connectivity index (χ4v) is 5.23. The van der Waals surface area contributed by atoms with Crippen LogP contribution < -0.4 is 19.5 Å². The van der Waals surface area contributed by atoms with Gasteiger partial charge in [-0.05, 0) is 84.4 Å². The van der Waals surface area contributed by atoms with Crippen molar-refractivity contribution in [3.8, 4) is 17.2 Å². The monoisotopic (exact) mass is 664 g/mol. The van der Waals surface area contributed by atoms with Crippen molar-refractivity contribution in [3.63, 3.8) is 0 Å². The minimum absolute atomic E-state index is 0.172. The van der Waals surface area contributed by atoms with Crippen LogP contribution in [0.15, 0.2) is 64.0 Å². The Morgan fingerprint density at radius 3 is 2.45 bits per heavy atom. The van der Waals surface area contributed by atoms with Crippen LogP contribution in [0.1, 0.15) is 18.1 Å². The number of carbonyl (C=O) groups excluding carboxylic acids is 3. The number of imide groups is 1. The van der Waals surface area contributed by atoms with E-state index in [1.807, 2.05) is 6.92 Å². The number of halogens is 3. The van der Waals surface area contributed by atoms with Crippen LogP contribution in [0, 0.1) is 0 Å². The molecule has 1 fully saturated rings. The molecular weight excluding hydrogens is 643 g/mol. The third-order valence-corrected chi connectivity index (χ3v) is 7.91. The van der Waals surface area contributed by atoms with Crippen molar-refractivity contribution in [1.82, 2.24) is 4.90 Å². The summed E-state index contributed by atoms with van der Waals surface area (Å²) in [6.45, 7) is 2.21. The molecule has 1 N–H and O–H groups in total. The first-order valence-corrected chi connectivity index (χ1v) is 14.3. The molecule has 208 valence electrons. The van der Waals surface area contributed by atoms with Crippen molar-refractivity contribution in [3.05, 3.63) is 85.1 Å². The zero-order valence-corrected chi connectivity index (χ0v) is 25.2. The SMILES string of the molecule is CCOc1ccc(NC(=O)CN2C(=O)S/C(=C/c3cc(OC)c(OCc4ccc(Cl)c(Cl)c4)cc3Br)C2=O)cc1. The van der Waals surface area contributed by atoms with E-state index in [0.717, 1.165) is 22.2 Å². The summed E-state index contributed by atoms with van der Waals surface area (Å²) in [6, 6.07) is 15.4. The van der Waals surface area contributed by atoms with Crippen LogP contribution in [0.5, 0.6) is 17.2 Å². The van der Waals surface area contributed by atoms with Gasteiger partial charge in [-0.15, -0.1) is 0 Å². The topological polar surface area (TPSA) is 94.2 Å². The van der Waals surface area contributed by atoms with E-state index in [0.29, 0.717) is 49.6 Å². The van der Waals surface area contributed by atoms with E-state index in [1.165, 1.54) is 7.11 Å². The summed E-state index contributed by atoms with van der Waals surface area (Å²) >= 11 is 16.3. The summed E-state index contributed by atoms with van der Waals surface area (Å²) in [5.74, 6) is 0.479. The Labute approximate surface area is 253 Å². The molecule has 8 nitrogen and oxygen atoms in total. The second-order valence-electron chi connectivity index (χ2n) is 8.34. The van der Waals surface area contributed by atoms with Gasteiger partial charge < -0.3 is 19.5 Å². The van der Waals surface area contributed by atoms with Crippen molar-refractivity contribution in [2.75, 3.05) is 25.6 Å². The first kappa shape index (κ1) is 29.8. The van der Waals surface area contributed by atoms with E-state index in [9.17, 15) is 14.4 Å². The van der Waals surface area contributed by atoms with Crippen LogP contribution in [0.4, 0.5) is 10.5 Å². The van der Waals surface area contributed by atoms with Crippen molar-refractivity contribution in [1.29, 1.82) is 0 Å². The summed E-state index contributed by atoms with van der Waals surface area (Å²) in [7, 11) is 1.50. The van der Waals surface area contributed by atoms with Gasteiger partial charge in [0.2, 0.25) is 5.91 Å². The molecule has 1 aliphatic rings. The fraction of sp³-hybridized carbons (Fsp3) is 0.179. The van der Waals surface area contributed by atoms with Crippen LogP contribution in [0.25, 0.3) is 6.08 Å². The van der Waals surface area contributed by atoms with Gasteiger partial charge in [0, 0.05) is 10.2 Å². The van der Waals surface area contributed by atoms with E-state index >= 15 is 0 Å². The molecule has 4 rings (SSSR count). The Morgan fingerprint density at radius 2 is 1.77 bits per heavy atom. The number of thioether (sulfide) groups is 1. The lowest BCUT2D eigenvalue weighted by atomic mass is 10.1. The third kappa shape index (κ3) is 7.31. The zero-order chi connectivity index (χ0) is 28.8. The molecule has 0 aromatic heterocycles. The highest BCUT2D eigenvalue weighted by Gasteiger charge is 2.36. The van der Waals surface area contributed by atoms with Crippen LogP contribution in [-0.2, 0) is 16.2 Å². The molecule has 40 heavy (non-hydrogen) atoms. The second-order valence-corrected chi connectivity index (χ2v) is 11.0. The molecule has 0 atom stereocenters. The van der Waals surface area contributed by atoms with Gasteiger partial charge in [-0.1, -0.05) is 45.2 Å². The molecule has 0 unspecified atom stereocenters. The van der Waals surface area contributed by atoms with Crippen LogP contribution in [0.2, 0.25) is 10.0 Å². The lowest BCUT2D eigenvalue weighted by Gasteiger charge is -2.14. The molecule has 1 heterocycles. The molecule has 3 aromatic carbocycles. The summed E-state index contributed by atoms with van der Waals surface area (Å²) in [5.41, 5.74) is 1.92. The number of carbonyl (C=O) groups is 3. The van der Waals surface area contributed by atoms with Crippen molar-refractivity contribution in [2.24, 2.45) is 0 Å². The Kier molecular flexibility index (Phi) is 10.0. The fourth-order valence-electron chi connectivity index (χ4n) is 3.65. The number of methoxy groups -OCH3 is 1. The highest BCUT2D eigenvalue weighted by molar-refractivity contribution is 9.10. The number of benzene rings is 3. The summed E-state index contributed by atoms with van der Waals surface area (Å²) in [5, 5.41) is 3.02. The predicted octanol–water partition coefficient (Wildman–Crippen LogP) is 7.42. The normalized spacial score (nSPS) is 14.0. The molecule has 12 heteroatoms. The molecule has 0 spiro atoms. The highest BCUT2D eigenvalue weighted by atomic mass is 79.9. The largest absolute Gasteiger partial charge is 0.494 e. The van der Waals surface area contributed by atoms with Crippen LogP contribution in [-0.4, -0.2) is 42.2 Å². The van der Waals surface area contributed by atoms with E-state index in [4.69, 9.17) is 37.4 Å². The minimum atomic E-state index is -0.567. The van der Waals surface area contributed by atoms with Gasteiger partial charge >= 0.3 is 0 Å². The Hall–Kier alpha value is -3.18. The van der Waals surface area contributed by atoms with Gasteiger partial charge in [-0.25, -0.2) is 0 Å². The van der Waals surface area contributed by atoms with E-state index in [2.05, 4.69) is 21.2 Å². The quantitative estimate of drug-likeness (QED) is 0.225. The van der Waals surface area contributed by atoms with Gasteiger partial charge in [0.1, 0.15) is 18.9 Å². The number of hydrogen-bond donors (Lipinski definition) is 1. The van der Waals surface area contributed by atoms with Crippen LogP contribution >= 0.6 is 50.9 Å². The molecule has 3 aromatic rings. The highest BCUT2D eigenvalue weighted by Crippen LogP contribution is 2.38. The molecule has 0 bridgehead atoms. The first-order valence-electron chi connectivity index (χ1n) is 11.9. The number of rotatable bonds is 10. The van der Waals surface area contributed by atoms with Crippen LogP contribution in [0.3, 0.4) is 0 Å². The van der Waals surface area contributed by atoms with Crippen molar-refractivity contribution in [2.45, 2.75) is 13.5 Å². The molecule has 0 aliphatic carbocycles. The molecule has 3 amide bonds. The third-order valence-electron chi connectivity index (χ3n) is 5.57. The molecule has 1 saturated heterocycles. The van der Waals surface area contributed by atoms with Crippen molar-refractivity contribution >= 4 is 79.7 Å². The zero-order valence-electron chi connectivity index (χ0n) is 21.3. The average Bonchev–Trinajstić information content (AvgIpc) is 3.19. The van der Waals surface area contributed by atoms with Gasteiger partial charge in [-0.2, -0.15) is 0 Å². The number of anilines is 1.